The minimum atomic E-state index is -0.760. The van der Waals surface area contributed by atoms with Gasteiger partial charge in [-0.05, 0) is 34.1 Å². The normalized spacial score (nSPS) is 33.4. The van der Waals surface area contributed by atoms with Gasteiger partial charge in [0.15, 0.2) is 0 Å². The lowest BCUT2D eigenvalue weighted by atomic mass is 9.96. The van der Waals surface area contributed by atoms with Crippen LogP contribution in [0.15, 0.2) is 0 Å². The van der Waals surface area contributed by atoms with E-state index in [-0.39, 0.29) is 12.2 Å². The molecule has 1 aliphatic heterocycles. The van der Waals surface area contributed by atoms with Crippen molar-refractivity contribution < 1.29 is 9.84 Å². The van der Waals surface area contributed by atoms with Crippen LogP contribution in [-0.4, -0.2) is 53.5 Å². The highest BCUT2D eigenvalue weighted by atomic mass is 16.5. The monoisotopic (exact) mass is 230 g/mol. The predicted molar refractivity (Wildman–Crippen MR) is 65.3 cm³/mol. The third-order valence-electron chi connectivity index (χ3n) is 3.25. The summed E-state index contributed by atoms with van der Waals surface area (Å²) in [6.07, 6.45) is 1.26. The Balaban J connectivity index is 2.50. The minimum Gasteiger partial charge on any atom is -0.389 e. The summed E-state index contributed by atoms with van der Waals surface area (Å²) in [5.41, 5.74) is 4.79. The Labute approximate surface area is 98.8 Å². The zero-order valence-electron chi connectivity index (χ0n) is 10.9. The highest BCUT2D eigenvalue weighted by Gasteiger charge is 2.29. The molecule has 96 valence electrons. The fraction of sp³-hybridized carbons (Fsp3) is 1.00. The molecule has 16 heavy (non-hydrogen) atoms. The average molecular weight is 230 g/mol. The molecule has 0 aliphatic carbocycles. The van der Waals surface area contributed by atoms with Crippen LogP contribution in [0.5, 0.6) is 0 Å². The lowest BCUT2D eigenvalue weighted by Crippen LogP contribution is -2.51. The number of nitrogens with two attached hydrogens (primary N) is 1. The number of ether oxygens (including phenoxy) is 1. The minimum absolute atomic E-state index is 0.272. The number of morpholine rings is 1. The van der Waals surface area contributed by atoms with Crippen LogP contribution in [0.3, 0.4) is 0 Å². The van der Waals surface area contributed by atoms with Gasteiger partial charge in [0.05, 0.1) is 17.8 Å². The highest BCUT2D eigenvalue weighted by molar-refractivity contribution is 4.84. The summed E-state index contributed by atoms with van der Waals surface area (Å²) < 4.78 is 5.69. The molecular formula is C12H26N2O2. The van der Waals surface area contributed by atoms with E-state index in [0.29, 0.717) is 19.0 Å². The largest absolute Gasteiger partial charge is 0.389 e. The summed E-state index contributed by atoms with van der Waals surface area (Å²) in [7, 11) is 0. The zero-order valence-corrected chi connectivity index (χ0v) is 10.9. The van der Waals surface area contributed by atoms with Gasteiger partial charge in [0.25, 0.3) is 0 Å². The summed E-state index contributed by atoms with van der Waals surface area (Å²) >= 11 is 0. The molecule has 0 spiro atoms. The Morgan fingerprint density at radius 2 is 1.94 bits per heavy atom. The van der Waals surface area contributed by atoms with Crippen molar-refractivity contribution in [3.05, 3.63) is 0 Å². The van der Waals surface area contributed by atoms with E-state index in [9.17, 15) is 5.11 Å². The van der Waals surface area contributed by atoms with E-state index >= 15 is 0 Å². The van der Waals surface area contributed by atoms with Gasteiger partial charge in [0, 0.05) is 25.7 Å². The van der Waals surface area contributed by atoms with Gasteiger partial charge in [-0.3, -0.25) is 4.90 Å². The molecule has 0 saturated carbocycles. The maximum atomic E-state index is 9.97. The molecule has 0 bridgehead atoms. The van der Waals surface area contributed by atoms with Gasteiger partial charge < -0.3 is 15.6 Å². The second-order valence-electron chi connectivity index (χ2n) is 5.47. The van der Waals surface area contributed by atoms with E-state index in [4.69, 9.17) is 10.5 Å². The standard InChI is InChI=1S/C12H26N2O2/c1-9(5-12(4,15)8-13)14-6-10(2)16-11(3)7-14/h9-11,15H,5-8,13H2,1-4H3. The van der Waals surface area contributed by atoms with Crippen molar-refractivity contribution in [3.8, 4) is 0 Å². The highest BCUT2D eigenvalue weighted by Crippen LogP contribution is 2.19. The molecule has 0 aromatic heterocycles. The van der Waals surface area contributed by atoms with Crippen molar-refractivity contribution in [2.75, 3.05) is 19.6 Å². The van der Waals surface area contributed by atoms with Gasteiger partial charge in [-0.15, -0.1) is 0 Å². The van der Waals surface area contributed by atoms with E-state index in [0.717, 1.165) is 13.1 Å². The second kappa shape index (κ2) is 5.45. The number of hydrogen-bond donors (Lipinski definition) is 2. The maximum Gasteiger partial charge on any atom is 0.0756 e. The molecule has 4 heteroatoms. The Kier molecular flexibility index (Phi) is 4.73. The molecular weight excluding hydrogens is 204 g/mol. The van der Waals surface area contributed by atoms with Gasteiger partial charge in [0.1, 0.15) is 0 Å². The van der Waals surface area contributed by atoms with Gasteiger partial charge in [-0.25, -0.2) is 0 Å². The maximum absolute atomic E-state index is 9.97. The van der Waals surface area contributed by atoms with Crippen molar-refractivity contribution in [2.24, 2.45) is 5.73 Å². The van der Waals surface area contributed by atoms with Crippen molar-refractivity contribution >= 4 is 0 Å². The van der Waals surface area contributed by atoms with Crippen molar-refractivity contribution in [1.82, 2.24) is 4.90 Å². The molecule has 3 N–H and O–H groups in total. The zero-order chi connectivity index (χ0) is 12.3. The van der Waals surface area contributed by atoms with Crippen LogP contribution >= 0.6 is 0 Å². The molecule has 4 nitrogen and oxygen atoms in total. The summed E-state index contributed by atoms with van der Waals surface area (Å²) in [4.78, 5) is 2.38. The van der Waals surface area contributed by atoms with Crippen LogP contribution in [0.1, 0.15) is 34.1 Å². The SMILES string of the molecule is CC1CN(C(C)CC(C)(O)CN)CC(C)O1. The van der Waals surface area contributed by atoms with Gasteiger partial charge >= 0.3 is 0 Å². The Morgan fingerprint density at radius 3 is 2.38 bits per heavy atom. The van der Waals surface area contributed by atoms with E-state index in [1.807, 2.05) is 0 Å². The summed E-state index contributed by atoms with van der Waals surface area (Å²) in [5.74, 6) is 0. The Morgan fingerprint density at radius 1 is 1.44 bits per heavy atom. The topological polar surface area (TPSA) is 58.7 Å². The molecule has 1 fully saturated rings. The van der Waals surface area contributed by atoms with Gasteiger partial charge in [-0.1, -0.05) is 0 Å². The first kappa shape index (κ1) is 13.9. The van der Waals surface area contributed by atoms with E-state index < -0.39 is 5.60 Å². The summed E-state index contributed by atoms with van der Waals surface area (Å²) in [6.45, 7) is 10.3. The van der Waals surface area contributed by atoms with Crippen LogP contribution < -0.4 is 5.73 Å². The smallest absolute Gasteiger partial charge is 0.0756 e. The van der Waals surface area contributed by atoms with Crippen molar-refractivity contribution in [2.45, 2.75) is 58.0 Å². The lowest BCUT2D eigenvalue weighted by Gasteiger charge is -2.40. The van der Waals surface area contributed by atoms with Crippen molar-refractivity contribution in [1.29, 1.82) is 0 Å². The fourth-order valence-corrected chi connectivity index (χ4v) is 2.43. The molecule has 1 heterocycles. The van der Waals surface area contributed by atoms with Gasteiger partial charge in [0.2, 0.25) is 0 Å². The third-order valence-corrected chi connectivity index (χ3v) is 3.25. The van der Waals surface area contributed by atoms with Gasteiger partial charge in [-0.2, -0.15) is 0 Å². The molecule has 1 saturated heterocycles. The van der Waals surface area contributed by atoms with E-state index in [1.54, 1.807) is 6.92 Å². The Bertz CT molecular complexity index is 211. The van der Waals surface area contributed by atoms with Crippen LogP contribution in [0.25, 0.3) is 0 Å². The second-order valence-corrected chi connectivity index (χ2v) is 5.47. The van der Waals surface area contributed by atoms with Crippen LogP contribution in [0.2, 0.25) is 0 Å². The van der Waals surface area contributed by atoms with E-state index in [2.05, 4.69) is 25.7 Å². The first-order valence-electron chi connectivity index (χ1n) is 6.16. The number of nitrogens with zero attached hydrogens (tertiary/aromatic N) is 1. The molecule has 0 aromatic rings. The molecule has 0 radical (unpaired) electrons. The number of hydrogen-bond acceptors (Lipinski definition) is 4. The number of rotatable bonds is 4. The third kappa shape index (κ3) is 4.01. The molecule has 4 atom stereocenters. The molecule has 1 rings (SSSR count). The average Bonchev–Trinajstić information content (AvgIpc) is 2.15. The molecule has 1 aliphatic rings. The molecule has 4 unspecified atom stereocenters. The Hall–Kier alpha value is -0.160. The molecule has 0 amide bonds. The first-order chi connectivity index (χ1) is 7.34. The van der Waals surface area contributed by atoms with E-state index in [1.165, 1.54) is 0 Å². The predicted octanol–water partition coefficient (Wildman–Crippen LogP) is 0.584. The first-order valence-corrected chi connectivity index (χ1v) is 6.16. The molecule has 0 aromatic carbocycles. The summed E-state index contributed by atoms with van der Waals surface area (Å²) in [5, 5.41) is 9.97. The van der Waals surface area contributed by atoms with Crippen LogP contribution in [0, 0.1) is 0 Å². The quantitative estimate of drug-likeness (QED) is 0.742. The van der Waals surface area contributed by atoms with Crippen LogP contribution in [0.4, 0.5) is 0 Å². The van der Waals surface area contributed by atoms with Crippen molar-refractivity contribution in [3.63, 3.8) is 0 Å². The van der Waals surface area contributed by atoms with Crippen LogP contribution in [-0.2, 0) is 4.74 Å². The number of aliphatic hydroxyl groups is 1. The lowest BCUT2D eigenvalue weighted by molar-refractivity contribution is -0.0870. The summed E-state index contributed by atoms with van der Waals surface area (Å²) in [6, 6.07) is 0.340. The fourth-order valence-electron chi connectivity index (χ4n) is 2.43.